The molecule has 6 nitrogen and oxygen atoms in total. The van der Waals surface area contributed by atoms with E-state index in [1.54, 1.807) is 24.3 Å². The van der Waals surface area contributed by atoms with Crippen molar-refractivity contribution in [2.24, 2.45) is 0 Å². The summed E-state index contributed by atoms with van der Waals surface area (Å²) in [6.45, 7) is 0.134. The van der Waals surface area contributed by atoms with Crippen molar-refractivity contribution in [1.29, 1.82) is 0 Å². The molecular formula is C19H15ClN2O4. The molecule has 2 aromatic rings. The van der Waals surface area contributed by atoms with Crippen LogP contribution in [0, 0.1) is 0 Å². The lowest BCUT2D eigenvalue weighted by molar-refractivity contribution is 0.0885. The van der Waals surface area contributed by atoms with Crippen LogP contribution in [0.2, 0.25) is 5.02 Å². The molecule has 0 saturated carbocycles. The number of aliphatic hydroxyl groups is 1. The second-order valence-corrected chi connectivity index (χ2v) is 6.52. The van der Waals surface area contributed by atoms with Gasteiger partial charge in [-0.3, -0.25) is 14.5 Å². The number of phenolic OH excluding ortho intramolecular Hbond substituents is 1. The van der Waals surface area contributed by atoms with E-state index in [0.717, 1.165) is 0 Å². The van der Waals surface area contributed by atoms with Crippen LogP contribution < -0.4 is 10.2 Å². The van der Waals surface area contributed by atoms with Crippen LogP contribution in [0.25, 0.3) is 6.08 Å². The van der Waals surface area contributed by atoms with Gasteiger partial charge in [-0.05, 0) is 29.8 Å². The lowest BCUT2D eigenvalue weighted by Gasteiger charge is -2.37. The molecule has 0 saturated heterocycles. The number of nitrogens with one attached hydrogen (secondary N) is 1. The van der Waals surface area contributed by atoms with Crippen molar-refractivity contribution >= 4 is 40.7 Å². The number of ketones is 1. The van der Waals surface area contributed by atoms with Crippen LogP contribution >= 0.6 is 11.6 Å². The van der Waals surface area contributed by atoms with Crippen molar-refractivity contribution in [2.75, 3.05) is 23.4 Å². The Bertz CT molecular complexity index is 970. The van der Waals surface area contributed by atoms with Gasteiger partial charge < -0.3 is 15.5 Å². The highest BCUT2D eigenvalue weighted by atomic mass is 35.5. The highest BCUT2D eigenvalue weighted by Crippen LogP contribution is 2.41. The second-order valence-electron chi connectivity index (χ2n) is 6.08. The van der Waals surface area contributed by atoms with E-state index in [1.165, 1.54) is 23.1 Å². The average Bonchev–Trinajstić information content (AvgIpc) is 2.63. The summed E-state index contributed by atoms with van der Waals surface area (Å²) in [6.07, 6.45) is 3.44. The van der Waals surface area contributed by atoms with E-state index in [-0.39, 0.29) is 35.9 Å². The Hall–Kier alpha value is -2.83. The molecule has 0 fully saturated rings. The maximum atomic E-state index is 13.3. The van der Waals surface area contributed by atoms with Gasteiger partial charge in [-0.25, -0.2) is 0 Å². The molecule has 2 aliphatic rings. The smallest absolute Gasteiger partial charge is 0.262 e. The molecule has 26 heavy (non-hydrogen) atoms. The molecule has 1 amide bonds. The van der Waals surface area contributed by atoms with Crippen LogP contribution in [0.3, 0.4) is 0 Å². The van der Waals surface area contributed by atoms with Gasteiger partial charge in [0.1, 0.15) is 11.8 Å². The summed E-state index contributed by atoms with van der Waals surface area (Å²) in [5, 5.41) is 22.6. The number of aliphatic hydroxyl groups excluding tert-OH is 1. The van der Waals surface area contributed by atoms with Crippen molar-refractivity contribution in [2.45, 2.75) is 6.04 Å². The first-order chi connectivity index (χ1) is 12.5. The molecule has 0 aromatic heterocycles. The summed E-state index contributed by atoms with van der Waals surface area (Å²) in [5.41, 5.74) is 1.93. The molecule has 1 aliphatic carbocycles. The number of nitrogens with zero attached hydrogens (tertiary/aromatic N) is 1. The van der Waals surface area contributed by atoms with Crippen molar-refractivity contribution < 1.29 is 19.8 Å². The van der Waals surface area contributed by atoms with Crippen LogP contribution in [0.15, 0.2) is 36.4 Å². The maximum absolute atomic E-state index is 13.3. The number of hydrogen-bond donors (Lipinski definition) is 3. The second kappa shape index (κ2) is 6.16. The van der Waals surface area contributed by atoms with Gasteiger partial charge in [0.05, 0.1) is 17.9 Å². The van der Waals surface area contributed by atoms with Crippen LogP contribution in [0.4, 0.5) is 11.4 Å². The van der Waals surface area contributed by atoms with E-state index in [9.17, 15) is 14.7 Å². The Morgan fingerprint density at radius 2 is 1.96 bits per heavy atom. The number of carbonyl (C=O) groups excluding carboxylic acids is 2. The molecule has 3 N–H and O–H groups in total. The number of benzene rings is 2. The maximum Gasteiger partial charge on any atom is 0.262 e. The third-order valence-electron chi connectivity index (χ3n) is 4.55. The Morgan fingerprint density at radius 3 is 2.73 bits per heavy atom. The number of rotatable bonds is 4. The summed E-state index contributed by atoms with van der Waals surface area (Å²) < 4.78 is 0. The van der Waals surface area contributed by atoms with E-state index >= 15 is 0 Å². The van der Waals surface area contributed by atoms with Gasteiger partial charge in [0.2, 0.25) is 0 Å². The molecule has 132 valence electrons. The third kappa shape index (κ3) is 2.38. The fourth-order valence-corrected chi connectivity index (χ4v) is 3.58. The number of amides is 1. The number of phenols is 1. The minimum atomic E-state index is -0.833. The molecule has 1 heterocycles. The standard InChI is InChI=1S/C19H15ClN2O4/c20-11-3-6-15(24)14(9-11)22-13-5-2-10-1-4-12(21-7-8-23)17(19(22)26)16(10)18(13)25/h1-6,9,13,21,23-24H,7-8H2. The monoisotopic (exact) mass is 370 g/mol. The first-order valence-corrected chi connectivity index (χ1v) is 8.47. The van der Waals surface area contributed by atoms with E-state index in [2.05, 4.69) is 5.32 Å². The summed E-state index contributed by atoms with van der Waals surface area (Å²) in [4.78, 5) is 27.6. The molecule has 7 heteroatoms. The summed E-state index contributed by atoms with van der Waals surface area (Å²) in [6, 6.07) is 7.00. The van der Waals surface area contributed by atoms with Gasteiger partial charge in [-0.1, -0.05) is 29.8 Å². The highest BCUT2D eigenvalue weighted by Gasteiger charge is 2.43. The van der Waals surface area contributed by atoms with E-state index in [1.807, 2.05) is 0 Å². The van der Waals surface area contributed by atoms with E-state index in [0.29, 0.717) is 21.8 Å². The lowest BCUT2D eigenvalue weighted by Crippen LogP contribution is -2.50. The third-order valence-corrected chi connectivity index (χ3v) is 4.78. The molecule has 2 bridgehead atoms. The van der Waals surface area contributed by atoms with Gasteiger partial charge in [0, 0.05) is 22.8 Å². The molecule has 0 spiro atoms. The molecule has 2 aromatic carbocycles. The average molecular weight is 371 g/mol. The van der Waals surface area contributed by atoms with Crippen LogP contribution in [-0.4, -0.2) is 41.1 Å². The predicted octanol–water partition coefficient (Wildman–Crippen LogP) is 2.69. The van der Waals surface area contributed by atoms with Gasteiger partial charge in [-0.2, -0.15) is 0 Å². The van der Waals surface area contributed by atoms with Gasteiger partial charge in [0.15, 0.2) is 5.78 Å². The first-order valence-electron chi connectivity index (χ1n) is 8.09. The van der Waals surface area contributed by atoms with E-state index < -0.39 is 11.9 Å². The minimum Gasteiger partial charge on any atom is -0.506 e. The number of aromatic hydroxyl groups is 1. The Labute approximate surface area is 154 Å². The number of fused-ring (bicyclic) bond motifs is 1. The predicted molar refractivity (Wildman–Crippen MR) is 99.1 cm³/mol. The largest absolute Gasteiger partial charge is 0.506 e. The van der Waals surface area contributed by atoms with Gasteiger partial charge >= 0.3 is 0 Å². The van der Waals surface area contributed by atoms with Gasteiger partial charge in [-0.15, -0.1) is 0 Å². The molecule has 1 atom stereocenters. The number of anilines is 2. The minimum absolute atomic E-state index is 0.111. The normalized spacial score (nSPS) is 17.6. The van der Waals surface area contributed by atoms with Crippen molar-refractivity contribution in [3.63, 3.8) is 0 Å². The van der Waals surface area contributed by atoms with E-state index in [4.69, 9.17) is 16.7 Å². The quantitative estimate of drug-likeness (QED) is 0.770. The molecule has 1 aliphatic heterocycles. The Morgan fingerprint density at radius 1 is 1.15 bits per heavy atom. The van der Waals surface area contributed by atoms with Crippen LogP contribution in [0.1, 0.15) is 26.3 Å². The van der Waals surface area contributed by atoms with Crippen molar-refractivity contribution in [1.82, 2.24) is 0 Å². The number of hydrogen-bond acceptors (Lipinski definition) is 5. The fourth-order valence-electron chi connectivity index (χ4n) is 3.41. The number of halogens is 1. The van der Waals surface area contributed by atoms with Gasteiger partial charge in [0.25, 0.3) is 5.91 Å². The van der Waals surface area contributed by atoms with Crippen LogP contribution in [-0.2, 0) is 0 Å². The zero-order chi connectivity index (χ0) is 18.4. The molecular weight excluding hydrogens is 356 g/mol. The number of Topliss-reactive ketones (excluding diaryl/α,β-unsaturated/α-hetero) is 1. The zero-order valence-corrected chi connectivity index (χ0v) is 14.3. The Kier molecular flexibility index (Phi) is 3.94. The molecule has 4 rings (SSSR count). The lowest BCUT2D eigenvalue weighted by atomic mass is 9.83. The van der Waals surface area contributed by atoms with Crippen LogP contribution in [0.5, 0.6) is 5.75 Å². The SMILES string of the molecule is O=C1c2c3ccc(NCCO)c2C(=O)N(c2cc(Cl)ccc2O)C1C=C3. The topological polar surface area (TPSA) is 89.9 Å². The van der Waals surface area contributed by atoms with Crippen molar-refractivity contribution in [3.05, 3.63) is 58.1 Å². The summed E-state index contributed by atoms with van der Waals surface area (Å²) >= 11 is 6.03. The Balaban J connectivity index is 1.93. The van der Waals surface area contributed by atoms with Crippen molar-refractivity contribution in [3.8, 4) is 5.75 Å². The highest BCUT2D eigenvalue weighted by molar-refractivity contribution is 6.32. The number of carbonyl (C=O) groups is 2. The molecule has 0 radical (unpaired) electrons. The fraction of sp³-hybridized carbons (Fsp3) is 0.158. The first kappa shape index (κ1) is 16.6. The zero-order valence-electron chi connectivity index (χ0n) is 13.6. The molecule has 1 unspecified atom stereocenters. The summed E-state index contributed by atoms with van der Waals surface area (Å²) in [7, 11) is 0. The summed E-state index contributed by atoms with van der Waals surface area (Å²) in [5.74, 6) is -0.767.